The maximum Gasteiger partial charge on any atom is 0.317 e. The Morgan fingerprint density at radius 2 is 2.26 bits per heavy atom. The van der Waals surface area contributed by atoms with E-state index < -0.39 is 10.9 Å². The van der Waals surface area contributed by atoms with Crippen LogP contribution >= 0.6 is 15.9 Å². The van der Waals surface area contributed by atoms with Crippen molar-refractivity contribution >= 4 is 27.6 Å². The van der Waals surface area contributed by atoms with Crippen molar-refractivity contribution < 1.29 is 14.8 Å². The van der Waals surface area contributed by atoms with Gasteiger partial charge in [-0.05, 0) is 12.1 Å². The van der Waals surface area contributed by atoms with Gasteiger partial charge in [-0.1, -0.05) is 21.9 Å². The van der Waals surface area contributed by atoms with Gasteiger partial charge < -0.3 is 5.11 Å². The third-order valence-electron chi connectivity index (χ3n) is 2.31. The zero-order valence-electron chi connectivity index (χ0n) is 9.88. The predicted molar refractivity (Wildman–Crippen MR) is 72.5 cm³/mol. The van der Waals surface area contributed by atoms with E-state index in [1.807, 2.05) is 0 Å². The maximum atomic E-state index is 10.9. The molecule has 0 unspecified atom stereocenters. The second-order valence-electron chi connectivity index (χ2n) is 3.77. The molecule has 0 aromatic heterocycles. The van der Waals surface area contributed by atoms with Crippen molar-refractivity contribution in [3.8, 4) is 12.3 Å². The Hall–Kier alpha value is -1.91. The molecular formula is C12H11BrN2O4. The van der Waals surface area contributed by atoms with Crippen LogP contribution in [0.2, 0.25) is 0 Å². The highest BCUT2D eigenvalue weighted by Gasteiger charge is 2.18. The Balaban J connectivity index is 2.99. The molecular weight excluding hydrogens is 316 g/mol. The minimum atomic E-state index is -1.03. The van der Waals surface area contributed by atoms with Gasteiger partial charge in [0.15, 0.2) is 0 Å². The van der Waals surface area contributed by atoms with E-state index in [0.29, 0.717) is 10.0 Å². The van der Waals surface area contributed by atoms with Crippen molar-refractivity contribution in [2.24, 2.45) is 0 Å². The summed E-state index contributed by atoms with van der Waals surface area (Å²) in [5.74, 6) is 1.30. The molecule has 6 nitrogen and oxygen atoms in total. The Morgan fingerprint density at radius 3 is 2.79 bits per heavy atom. The van der Waals surface area contributed by atoms with Gasteiger partial charge in [-0.15, -0.1) is 6.42 Å². The number of nitro benzene ring substituents is 1. The number of terminal acetylenes is 1. The van der Waals surface area contributed by atoms with Crippen molar-refractivity contribution in [3.05, 3.63) is 38.3 Å². The van der Waals surface area contributed by atoms with Crippen LogP contribution < -0.4 is 0 Å². The van der Waals surface area contributed by atoms with Gasteiger partial charge in [0.05, 0.1) is 18.0 Å². The van der Waals surface area contributed by atoms with Gasteiger partial charge in [0, 0.05) is 22.6 Å². The lowest BCUT2D eigenvalue weighted by Crippen LogP contribution is -2.29. The second-order valence-corrected chi connectivity index (χ2v) is 4.69. The number of hydrogen-bond donors (Lipinski definition) is 1. The first kappa shape index (κ1) is 15.1. The molecule has 0 bridgehead atoms. The van der Waals surface area contributed by atoms with Crippen LogP contribution in [-0.4, -0.2) is 34.0 Å². The van der Waals surface area contributed by atoms with Gasteiger partial charge >= 0.3 is 5.97 Å². The van der Waals surface area contributed by atoms with E-state index in [1.165, 1.54) is 11.0 Å². The first-order valence-corrected chi connectivity index (χ1v) is 6.03. The molecule has 0 fully saturated rings. The molecule has 19 heavy (non-hydrogen) atoms. The summed E-state index contributed by atoms with van der Waals surface area (Å²) in [4.78, 5) is 22.6. The lowest BCUT2D eigenvalue weighted by Gasteiger charge is -2.17. The van der Waals surface area contributed by atoms with Gasteiger partial charge in [-0.25, -0.2) is 0 Å². The SMILES string of the molecule is C#CCN(CC(=O)O)Cc1ccc(Br)cc1[N+](=O)[O-]. The molecule has 0 aliphatic heterocycles. The van der Waals surface area contributed by atoms with Crippen LogP contribution in [0.3, 0.4) is 0 Å². The number of rotatable bonds is 6. The van der Waals surface area contributed by atoms with Crippen LogP contribution in [0.4, 0.5) is 5.69 Å². The highest BCUT2D eigenvalue weighted by Crippen LogP contribution is 2.24. The van der Waals surface area contributed by atoms with Crippen molar-refractivity contribution in [2.45, 2.75) is 6.54 Å². The molecule has 1 aromatic rings. The third-order valence-corrected chi connectivity index (χ3v) is 2.81. The lowest BCUT2D eigenvalue weighted by molar-refractivity contribution is -0.385. The predicted octanol–water partition coefficient (Wildman–Crippen LogP) is 1.88. The van der Waals surface area contributed by atoms with E-state index in [0.717, 1.165) is 0 Å². The summed E-state index contributed by atoms with van der Waals surface area (Å²) < 4.78 is 0.588. The minimum Gasteiger partial charge on any atom is -0.480 e. The van der Waals surface area contributed by atoms with Crippen LogP contribution in [0.5, 0.6) is 0 Å². The molecule has 7 heteroatoms. The molecule has 1 N–H and O–H groups in total. The number of carboxylic acids is 1. The first-order valence-electron chi connectivity index (χ1n) is 5.24. The summed E-state index contributed by atoms with van der Waals surface area (Å²) in [5.41, 5.74) is 0.353. The minimum absolute atomic E-state index is 0.0678. The molecule has 1 aromatic carbocycles. The molecule has 0 radical (unpaired) electrons. The Kier molecular flexibility index (Phi) is 5.48. The topological polar surface area (TPSA) is 83.7 Å². The number of nitro groups is 1. The molecule has 0 amide bonds. The van der Waals surface area contributed by atoms with E-state index in [1.54, 1.807) is 12.1 Å². The quantitative estimate of drug-likeness (QED) is 0.490. The average molecular weight is 327 g/mol. The molecule has 0 aliphatic carbocycles. The molecule has 0 saturated heterocycles. The van der Waals surface area contributed by atoms with Gasteiger partial charge in [0.1, 0.15) is 0 Å². The number of aliphatic carboxylic acids is 1. The van der Waals surface area contributed by atoms with Gasteiger partial charge in [-0.3, -0.25) is 19.8 Å². The zero-order chi connectivity index (χ0) is 14.4. The van der Waals surface area contributed by atoms with Crippen LogP contribution in [-0.2, 0) is 11.3 Å². The van der Waals surface area contributed by atoms with Crippen LogP contribution in [0.1, 0.15) is 5.56 Å². The zero-order valence-corrected chi connectivity index (χ0v) is 11.5. The van der Waals surface area contributed by atoms with Crippen LogP contribution in [0.15, 0.2) is 22.7 Å². The third kappa shape index (κ3) is 4.69. The Morgan fingerprint density at radius 1 is 1.58 bits per heavy atom. The second kappa shape index (κ2) is 6.87. The number of carboxylic acid groups (broad SMARTS) is 1. The van der Waals surface area contributed by atoms with E-state index in [2.05, 4.69) is 21.9 Å². The number of hydrogen-bond acceptors (Lipinski definition) is 4. The van der Waals surface area contributed by atoms with Crippen molar-refractivity contribution in [3.63, 3.8) is 0 Å². The molecule has 0 spiro atoms. The van der Waals surface area contributed by atoms with Gasteiger partial charge in [0.25, 0.3) is 5.69 Å². The molecule has 0 aliphatic rings. The molecule has 100 valence electrons. The van der Waals surface area contributed by atoms with Gasteiger partial charge in [-0.2, -0.15) is 0 Å². The highest BCUT2D eigenvalue weighted by atomic mass is 79.9. The summed E-state index contributed by atoms with van der Waals surface area (Å²) in [7, 11) is 0. The molecule has 1 rings (SSSR count). The molecule has 0 heterocycles. The summed E-state index contributed by atoms with van der Waals surface area (Å²) in [6.45, 7) is -0.0446. The van der Waals surface area contributed by atoms with E-state index >= 15 is 0 Å². The number of nitrogens with zero attached hydrogens (tertiary/aromatic N) is 2. The fourth-order valence-corrected chi connectivity index (χ4v) is 1.92. The van der Waals surface area contributed by atoms with E-state index in [4.69, 9.17) is 11.5 Å². The monoisotopic (exact) mass is 326 g/mol. The lowest BCUT2D eigenvalue weighted by atomic mass is 10.1. The Bertz CT molecular complexity index is 539. The van der Waals surface area contributed by atoms with Crippen LogP contribution in [0.25, 0.3) is 0 Å². The van der Waals surface area contributed by atoms with Crippen molar-refractivity contribution in [1.29, 1.82) is 0 Å². The fraction of sp³-hybridized carbons (Fsp3) is 0.250. The Labute approximate surface area is 118 Å². The van der Waals surface area contributed by atoms with Crippen LogP contribution in [0, 0.1) is 22.5 Å². The summed E-state index contributed by atoms with van der Waals surface area (Å²) >= 11 is 3.16. The standard InChI is InChI=1S/C12H11BrN2O4/c1-2-5-14(8-12(16)17)7-9-3-4-10(13)6-11(9)15(18)19/h1,3-4,6H,5,7-8H2,(H,16,17). The van der Waals surface area contributed by atoms with E-state index in [-0.39, 0.29) is 25.3 Å². The normalized spacial score (nSPS) is 10.2. The highest BCUT2D eigenvalue weighted by molar-refractivity contribution is 9.10. The number of carbonyl (C=O) groups is 1. The number of benzene rings is 1. The largest absolute Gasteiger partial charge is 0.480 e. The van der Waals surface area contributed by atoms with Crippen molar-refractivity contribution in [2.75, 3.05) is 13.1 Å². The summed E-state index contributed by atoms with van der Waals surface area (Å²) in [5, 5.41) is 19.7. The molecule has 0 atom stereocenters. The average Bonchev–Trinajstić information content (AvgIpc) is 2.30. The van der Waals surface area contributed by atoms with Gasteiger partial charge in [0.2, 0.25) is 0 Å². The fourth-order valence-electron chi connectivity index (χ4n) is 1.57. The number of halogens is 1. The molecule has 0 saturated carbocycles. The summed E-state index contributed by atoms with van der Waals surface area (Å²) in [6, 6.07) is 4.62. The van der Waals surface area contributed by atoms with Crippen molar-refractivity contribution in [1.82, 2.24) is 4.90 Å². The first-order chi connectivity index (χ1) is 8.93. The van der Waals surface area contributed by atoms with E-state index in [9.17, 15) is 14.9 Å². The summed E-state index contributed by atoms with van der Waals surface area (Å²) in [6.07, 6.45) is 5.15. The maximum absolute atomic E-state index is 10.9. The smallest absolute Gasteiger partial charge is 0.317 e.